The van der Waals surface area contributed by atoms with Gasteiger partial charge in [-0.15, -0.1) is 10.2 Å². The number of aliphatic imine (C=N–C) groups is 1. The van der Waals surface area contributed by atoms with Gasteiger partial charge in [-0.1, -0.05) is 12.1 Å². The SMILES string of the molecule is CCNC(=O)Nc1cc(Nc2cccc(C3N=CN(C)N3)c2OC)c(C(=O)NC(O)(O)O)nn1. The number of carbonyl (C=O) groups is 2. The molecule has 0 saturated carbocycles. The Labute approximate surface area is 193 Å². The number of amides is 3. The van der Waals surface area contributed by atoms with Crippen LogP contribution >= 0.6 is 0 Å². The summed E-state index contributed by atoms with van der Waals surface area (Å²) >= 11 is 0. The minimum atomic E-state index is -3.48. The van der Waals surface area contributed by atoms with Crippen molar-refractivity contribution in [2.45, 2.75) is 19.2 Å². The molecule has 1 unspecified atom stereocenters. The van der Waals surface area contributed by atoms with Crippen LogP contribution in [-0.2, 0) is 0 Å². The van der Waals surface area contributed by atoms with E-state index in [1.165, 1.54) is 13.2 Å². The molecule has 8 N–H and O–H groups in total. The quantitative estimate of drug-likeness (QED) is 0.221. The van der Waals surface area contributed by atoms with E-state index in [9.17, 15) is 9.59 Å². The zero-order valence-corrected chi connectivity index (χ0v) is 18.5. The van der Waals surface area contributed by atoms with Crippen molar-refractivity contribution in [3.63, 3.8) is 0 Å². The number of aromatic nitrogens is 2. The van der Waals surface area contributed by atoms with Gasteiger partial charge in [-0.2, -0.15) is 0 Å². The Kier molecular flexibility index (Phi) is 7.42. The van der Waals surface area contributed by atoms with Gasteiger partial charge >= 0.3 is 12.1 Å². The number of rotatable bonds is 8. The van der Waals surface area contributed by atoms with Crippen LogP contribution in [0.15, 0.2) is 29.3 Å². The van der Waals surface area contributed by atoms with E-state index in [1.807, 2.05) is 0 Å². The van der Waals surface area contributed by atoms with Crippen molar-refractivity contribution in [1.29, 1.82) is 0 Å². The largest absolute Gasteiger partial charge is 0.494 e. The van der Waals surface area contributed by atoms with E-state index in [1.54, 1.807) is 48.8 Å². The summed E-state index contributed by atoms with van der Waals surface area (Å²) in [4.78, 5) is 28.7. The first-order chi connectivity index (χ1) is 16.1. The number of nitrogens with one attached hydrogen (secondary N) is 5. The van der Waals surface area contributed by atoms with Gasteiger partial charge in [0.15, 0.2) is 11.5 Å². The molecule has 1 aliphatic rings. The van der Waals surface area contributed by atoms with E-state index < -0.39 is 29.9 Å². The molecule has 0 spiro atoms. The molecule has 0 bridgehead atoms. The van der Waals surface area contributed by atoms with Crippen molar-refractivity contribution < 1.29 is 29.6 Å². The normalized spacial score (nSPS) is 15.1. The number of carbonyl (C=O) groups excluding carboxylic acids is 2. The predicted octanol–water partition coefficient (Wildman–Crippen LogP) is -0.835. The molecule has 0 saturated heterocycles. The van der Waals surface area contributed by atoms with Crippen LogP contribution in [-0.4, -0.2) is 75.6 Å². The Hall–Kier alpha value is -4.05. The van der Waals surface area contributed by atoms with Gasteiger partial charge in [0.2, 0.25) is 0 Å². The lowest BCUT2D eigenvalue weighted by molar-refractivity contribution is -0.323. The summed E-state index contributed by atoms with van der Waals surface area (Å²) in [5, 5.41) is 46.1. The fourth-order valence-corrected chi connectivity index (χ4v) is 3.07. The molecular formula is C19H25N9O6. The molecule has 2 aromatic rings. The van der Waals surface area contributed by atoms with Gasteiger partial charge in [-0.05, 0) is 13.0 Å². The number of anilines is 3. The summed E-state index contributed by atoms with van der Waals surface area (Å²) in [6.07, 6.45) is -2.29. The molecule has 1 aromatic heterocycles. The molecule has 3 amide bonds. The lowest BCUT2D eigenvalue weighted by Crippen LogP contribution is -2.48. The van der Waals surface area contributed by atoms with Crippen LogP contribution in [0.25, 0.3) is 0 Å². The third-order valence-electron chi connectivity index (χ3n) is 4.40. The zero-order valence-electron chi connectivity index (χ0n) is 18.5. The molecule has 1 aliphatic heterocycles. The predicted molar refractivity (Wildman–Crippen MR) is 120 cm³/mol. The number of aliphatic hydroxyl groups is 3. The molecule has 0 aliphatic carbocycles. The maximum absolute atomic E-state index is 12.5. The minimum absolute atomic E-state index is 0.00735. The summed E-state index contributed by atoms with van der Waals surface area (Å²) in [6, 6.07) is 5.96. The fraction of sp³-hybridized carbons (Fsp3) is 0.316. The highest BCUT2D eigenvalue weighted by Crippen LogP contribution is 2.36. The van der Waals surface area contributed by atoms with Crippen molar-refractivity contribution in [3.8, 4) is 5.75 Å². The number of urea groups is 1. The average Bonchev–Trinajstić information content (AvgIpc) is 3.18. The monoisotopic (exact) mass is 475 g/mol. The molecule has 1 aromatic carbocycles. The molecule has 34 heavy (non-hydrogen) atoms. The maximum Gasteiger partial charge on any atom is 0.369 e. The van der Waals surface area contributed by atoms with Crippen LogP contribution in [0.2, 0.25) is 0 Å². The van der Waals surface area contributed by atoms with E-state index in [0.717, 1.165) is 0 Å². The molecule has 182 valence electrons. The van der Waals surface area contributed by atoms with Crippen LogP contribution < -0.4 is 31.4 Å². The molecule has 1 atom stereocenters. The van der Waals surface area contributed by atoms with Gasteiger partial charge in [-0.25, -0.2) is 15.2 Å². The lowest BCUT2D eigenvalue weighted by atomic mass is 10.1. The second-order valence-corrected chi connectivity index (χ2v) is 7.03. The number of para-hydroxylation sites is 1. The number of benzene rings is 1. The summed E-state index contributed by atoms with van der Waals surface area (Å²) in [7, 11) is 3.25. The highest BCUT2D eigenvalue weighted by molar-refractivity contribution is 5.99. The molecule has 15 nitrogen and oxygen atoms in total. The first-order valence-corrected chi connectivity index (χ1v) is 9.99. The van der Waals surface area contributed by atoms with Crippen LogP contribution in [0.4, 0.5) is 22.0 Å². The van der Waals surface area contributed by atoms with Crippen molar-refractivity contribution in [1.82, 2.24) is 31.3 Å². The summed E-state index contributed by atoms with van der Waals surface area (Å²) in [6.45, 7) is 2.10. The van der Waals surface area contributed by atoms with Gasteiger partial charge in [0.1, 0.15) is 18.3 Å². The third-order valence-corrected chi connectivity index (χ3v) is 4.40. The van der Waals surface area contributed by atoms with Crippen LogP contribution in [0.5, 0.6) is 5.75 Å². The van der Waals surface area contributed by atoms with Crippen LogP contribution in [0, 0.1) is 0 Å². The topological polar surface area (TPSA) is 206 Å². The molecule has 3 rings (SSSR count). The Bertz CT molecular complexity index is 1090. The Morgan fingerprint density at radius 2 is 2.00 bits per heavy atom. The van der Waals surface area contributed by atoms with Crippen molar-refractivity contribution >= 4 is 35.5 Å². The number of ether oxygens (including phenoxy) is 1. The van der Waals surface area contributed by atoms with Gasteiger partial charge < -0.3 is 30.7 Å². The van der Waals surface area contributed by atoms with Gasteiger partial charge in [0.05, 0.1) is 18.5 Å². The van der Waals surface area contributed by atoms with Gasteiger partial charge in [-0.3, -0.25) is 20.4 Å². The molecule has 2 heterocycles. The Morgan fingerprint density at radius 1 is 1.24 bits per heavy atom. The highest BCUT2D eigenvalue weighted by atomic mass is 16.7. The third kappa shape index (κ3) is 6.04. The first kappa shape index (κ1) is 24.6. The van der Waals surface area contributed by atoms with Gasteiger partial charge in [0, 0.05) is 25.2 Å². The smallest absolute Gasteiger partial charge is 0.369 e. The summed E-state index contributed by atoms with van der Waals surface area (Å²) in [5.74, 6) is -0.771. The zero-order chi connectivity index (χ0) is 24.9. The van der Waals surface area contributed by atoms with Crippen molar-refractivity contribution in [3.05, 3.63) is 35.5 Å². The highest BCUT2D eigenvalue weighted by Gasteiger charge is 2.27. The molecule has 0 radical (unpaired) electrons. The summed E-state index contributed by atoms with van der Waals surface area (Å²) < 4.78 is 5.57. The molecule has 0 fully saturated rings. The number of hydrogen-bond donors (Lipinski definition) is 8. The maximum atomic E-state index is 12.5. The number of hydrazine groups is 1. The minimum Gasteiger partial charge on any atom is -0.494 e. The van der Waals surface area contributed by atoms with E-state index in [2.05, 4.69) is 36.6 Å². The second kappa shape index (κ2) is 10.3. The number of methoxy groups -OCH3 is 1. The van der Waals surface area contributed by atoms with Gasteiger partial charge in [0.25, 0.3) is 5.91 Å². The van der Waals surface area contributed by atoms with Crippen LogP contribution in [0.1, 0.15) is 29.1 Å². The molecule has 15 heteroatoms. The van der Waals surface area contributed by atoms with Crippen LogP contribution in [0.3, 0.4) is 0 Å². The fourth-order valence-electron chi connectivity index (χ4n) is 3.07. The number of hydrogen-bond acceptors (Lipinski definition) is 12. The van der Waals surface area contributed by atoms with E-state index in [4.69, 9.17) is 20.1 Å². The standard InChI is InChI=1S/C19H25N9O6/c1-4-20-18(30)23-13-8-12(14(26-25-13)17(29)24-19(31,32)33)22-11-7-5-6-10(15(11)34-3)16-21-9-28(2)27-16/h5-9,16,27,31-33H,4H2,1-3H3,(H,24,29)(H3,20,22,23,25,30). The second-order valence-electron chi connectivity index (χ2n) is 7.03. The lowest BCUT2D eigenvalue weighted by Gasteiger charge is -2.20. The van der Waals surface area contributed by atoms with Crippen molar-refractivity contribution in [2.24, 2.45) is 4.99 Å². The number of nitrogens with zero attached hydrogens (tertiary/aromatic N) is 4. The van der Waals surface area contributed by atoms with E-state index in [-0.39, 0.29) is 11.5 Å². The Balaban J connectivity index is 2.00. The van der Waals surface area contributed by atoms with E-state index >= 15 is 0 Å². The van der Waals surface area contributed by atoms with E-state index in [0.29, 0.717) is 23.5 Å². The first-order valence-electron chi connectivity index (χ1n) is 9.99. The molecular weight excluding hydrogens is 450 g/mol. The average molecular weight is 475 g/mol. The van der Waals surface area contributed by atoms with Crippen molar-refractivity contribution in [2.75, 3.05) is 31.3 Å². The Morgan fingerprint density at radius 3 is 2.62 bits per heavy atom. The summed E-state index contributed by atoms with van der Waals surface area (Å²) in [5.41, 5.74) is 3.80.